The Kier molecular flexibility index (Phi) is 10.3. The fourth-order valence-electron chi connectivity index (χ4n) is 3.03. The fourth-order valence-corrected chi connectivity index (χ4v) is 7.55. The second kappa shape index (κ2) is 12.9. The van der Waals surface area contributed by atoms with Gasteiger partial charge >= 0.3 is 11.9 Å². The maximum absolute atomic E-state index is 11.2. The van der Waals surface area contributed by atoms with Gasteiger partial charge < -0.3 is 9.47 Å². The number of aryl methyl sites for hydroxylation is 3. The van der Waals surface area contributed by atoms with Gasteiger partial charge in [-0.05, 0) is 47.3 Å². The maximum atomic E-state index is 11.2. The van der Waals surface area contributed by atoms with E-state index in [-0.39, 0.29) is 23.4 Å². The molecule has 0 aliphatic heterocycles. The third kappa shape index (κ3) is 6.70. The smallest absolute Gasteiger partial charge is 0.316 e. The van der Waals surface area contributed by atoms with Crippen LogP contribution in [0.3, 0.4) is 0 Å². The molecule has 0 aliphatic carbocycles. The molecule has 0 N–H and O–H groups in total. The number of esters is 2. The number of thiophene rings is 2. The van der Waals surface area contributed by atoms with Crippen LogP contribution in [0.5, 0.6) is 0 Å². The van der Waals surface area contributed by atoms with E-state index in [0.29, 0.717) is 0 Å². The van der Waals surface area contributed by atoms with Gasteiger partial charge in [0.25, 0.3) is 0 Å². The van der Waals surface area contributed by atoms with Crippen molar-refractivity contribution < 1.29 is 19.1 Å². The molecule has 0 radical (unpaired) electrons. The number of thioether (sulfide) groups is 2. The number of nitrogens with zero attached hydrogens (tertiary/aromatic N) is 4. The standard InChI is InChI=1S/C12H14N2O2S2.C10H9BrN2O2S2/c1-4-8-7(2)10-11(17-5-9(15)16-3)13-6-14-12(10)18-8;1-5-7-9(16-3-6(14)15-2)12-4-13-10(7)17-8(5)11/h6H,4-5H2,1-3H3;4H,3H2,1-2H3. The van der Waals surface area contributed by atoms with Crippen molar-refractivity contribution >= 4 is 94.5 Å². The topological polar surface area (TPSA) is 104 Å². The summed E-state index contributed by atoms with van der Waals surface area (Å²) in [6.07, 6.45) is 4.07. The van der Waals surface area contributed by atoms with Gasteiger partial charge in [-0.2, -0.15) is 0 Å². The number of carbonyl (C=O) groups excluding carboxylic acids is 2. The van der Waals surface area contributed by atoms with Gasteiger partial charge in [-0.15, -0.1) is 22.7 Å². The molecule has 0 saturated heterocycles. The lowest BCUT2D eigenvalue weighted by Gasteiger charge is -2.02. The molecule has 4 aromatic heterocycles. The van der Waals surface area contributed by atoms with E-state index in [9.17, 15) is 9.59 Å². The van der Waals surface area contributed by atoms with Gasteiger partial charge in [0.15, 0.2) is 0 Å². The first-order chi connectivity index (χ1) is 16.8. The zero-order valence-corrected chi connectivity index (χ0v) is 24.6. The summed E-state index contributed by atoms with van der Waals surface area (Å²) in [5.74, 6) is 0.0404. The van der Waals surface area contributed by atoms with E-state index in [1.54, 1.807) is 29.0 Å². The first-order valence-corrected chi connectivity index (χ1v) is 14.7. The van der Waals surface area contributed by atoms with Crippen molar-refractivity contribution in [2.45, 2.75) is 37.2 Å². The van der Waals surface area contributed by atoms with Crippen molar-refractivity contribution in [3.8, 4) is 0 Å². The Bertz CT molecular complexity index is 1360. The molecule has 0 saturated carbocycles. The zero-order valence-electron chi connectivity index (χ0n) is 19.7. The SMILES string of the molecule is CCc1sc2ncnc(SCC(=O)OC)c2c1C.COC(=O)CSc1ncnc2sc(Br)c(C)c12. The van der Waals surface area contributed by atoms with Gasteiger partial charge in [0.2, 0.25) is 0 Å². The molecular weight excluding hydrogens is 592 g/mol. The minimum atomic E-state index is -0.256. The zero-order chi connectivity index (χ0) is 25.5. The molecule has 0 aliphatic rings. The number of halogens is 1. The van der Waals surface area contributed by atoms with E-state index in [1.807, 2.05) is 6.92 Å². The fraction of sp³-hybridized carbons (Fsp3) is 0.364. The summed E-state index contributed by atoms with van der Waals surface area (Å²) in [6, 6.07) is 0. The third-order valence-corrected chi connectivity index (χ3v) is 10.2. The van der Waals surface area contributed by atoms with Gasteiger partial charge in [0, 0.05) is 15.6 Å². The molecule has 0 atom stereocenters. The Balaban J connectivity index is 0.000000196. The van der Waals surface area contributed by atoms with Crippen LogP contribution in [0.2, 0.25) is 0 Å². The lowest BCUT2D eigenvalue weighted by Crippen LogP contribution is -2.03. The maximum Gasteiger partial charge on any atom is 0.316 e. The van der Waals surface area contributed by atoms with Crippen molar-refractivity contribution in [1.29, 1.82) is 0 Å². The highest BCUT2D eigenvalue weighted by Gasteiger charge is 2.15. The number of methoxy groups -OCH3 is 2. The molecule has 0 aromatic carbocycles. The number of hydrogen-bond acceptors (Lipinski definition) is 12. The summed E-state index contributed by atoms with van der Waals surface area (Å²) in [4.78, 5) is 42.6. The molecule has 0 bridgehead atoms. The van der Waals surface area contributed by atoms with Crippen LogP contribution in [0, 0.1) is 13.8 Å². The van der Waals surface area contributed by atoms with Crippen LogP contribution >= 0.6 is 62.1 Å². The second-order valence-corrected chi connectivity index (χ2v) is 12.3. The van der Waals surface area contributed by atoms with Gasteiger partial charge in [-0.3, -0.25) is 9.59 Å². The normalized spacial score (nSPS) is 10.8. The average Bonchev–Trinajstić information content (AvgIpc) is 3.36. The number of aromatic nitrogens is 4. The monoisotopic (exact) mass is 614 g/mol. The summed E-state index contributed by atoms with van der Waals surface area (Å²) in [5.41, 5.74) is 2.34. The highest BCUT2D eigenvalue weighted by molar-refractivity contribution is 9.11. The summed E-state index contributed by atoms with van der Waals surface area (Å²) in [6.45, 7) is 6.23. The van der Waals surface area contributed by atoms with E-state index in [4.69, 9.17) is 0 Å². The number of rotatable bonds is 7. The van der Waals surface area contributed by atoms with Gasteiger partial charge in [0.05, 0.1) is 29.5 Å². The number of fused-ring (bicyclic) bond motifs is 2. The van der Waals surface area contributed by atoms with Crippen LogP contribution in [-0.4, -0.2) is 57.6 Å². The molecule has 0 spiro atoms. The molecule has 0 unspecified atom stereocenters. The van der Waals surface area contributed by atoms with Crippen LogP contribution in [0.15, 0.2) is 26.5 Å². The van der Waals surface area contributed by atoms with E-state index in [1.165, 1.54) is 54.5 Å². The van der Waals surface area contributed by atoms with E-state index in [0.717, 1.165) is 46.3 Å². The molecule has 4 heterocycles. The van der Waals surface area contributed by atoms with Crippen molar-refractivity contribution in [2.24, 2.45) is 0 Å². The second-order valence-electron chi connectivity index (χ2n) is 6.95. The number of hydrogen-bond donors (Lipinski definition) is 0. The minimum Gasteiger partial charge on any atom is -0.468 e. The Morgan fingerprint density at radius 3 is 1.83 bits per heavy atom. The Hall–Kier alpha value is -1.80. The molecule has 8 nitrogen and oxygen atoms in total. The van der Waals surface area contributed by atoms with Crippen molar-refractivity contribution in [3.63, 3.8) is 0 Å². The van der Waals surface area contributed by atoms with E-state index < -0.39 is 0 Å². The number of ether oxygens (including phenoxy) is 2. The molecule has 0 amide bonds. The Morgan fingerprint density at radius 1 is 0.857 bits per heavy atom. The molecule has 35 heavy (non-hydrogen) atoms. The first-order valence-electron chi connectivity index (χ1n) is 10.3. The third-order valence-electron chi connectivity index (χ3n) is 4.85. The summed E-state index contributed by atoms with van der Waals surface area (Å²) in [5, 5.41) is 3.77. The predicted octanol–water partition coefficient (Wildman–Crippen LogP) is 5.85. The highest BCUT2D eigenvalue weighted by Crippen LogP contribution is 2.38. The van der Waals surface area contributed by atoms with Crippen LogP contribution in [0.4, 0.5) is 0 Å². The lowest BCUT2D eigenvalue weighted by atomic mass is 10.2. The van der Waals surface area contributed by atoms with Gasteiger partial charge in [-0.25, -0.2) is 19.9 Å². The van der Waals surface area contributed by atoms with Crippen molar-refractivity contribution in [3.05, 3.63) is 32.4 Å². The number of carbonyl (C=O) groups is 2. The quantitative estimate of drug-likeness (QED) is 0.143. The Morgan fingerprint density at radius 2 is 1.34 bits per heavy atom. The molecule has 13 heteroatoms. The molecule has 4 rings (SSSR count). The van der Waals surface area contributed by atoms with Crippen molar-refractivity contribution in [2.75, 3.05) is 25.7 Å². The molecule has 4 aromatic rings. The molecule has 186 valence electrons. The average molecular weight is 616 g/mol. The Labute approximate surface area is 227 Å². The van der Waals surface area contributed by atoms with Crippen molar-refractivity contribution in [1.82, 2.24) is 19.9 Å². The molecule has 0 fully saturated rings. The largest absolute Gasteiger partial charge is 0.468 e. The predicted molar refractivity (Wildman–Crippen MR) is 147 cm³/mol. The lowest BCUT2D eigenvalue weighted by molar-refractivity contribution is -0.138. The van der Waals surface area contributed by atoms with Gasteiger partial charge in [-0.1, -0.05) is 30.4 Å². The van der Waals surface area contributed by atoms with Gasteiger partial charge in [0.1, 0.15) is 32.4 Å². The summed E-state index contributed by atoms with van der Waals surface area (Å²) < 4.78 is 10.3. The first kappa shape index (κ1) is 27.8. The van der Waals surface area contributed by atoms with Crippen LogP contribution in [0.25, 0.3) is 20.4 Å². The van der Waals surface area contributed by atoms with E-state index in [2.05, 4.69) is 59.2 Å². The van der Waals surface area contributed by atoms with Crippen LogP contribution in [-0.2, 0) is 25.5 Å². The minimum absolute atomic E-state index is 0.240. The summed E-state index contributed by atoms with van der Waals surface area (Å²) in [7, 11) is 2.77. The summed E-state index contributed by atoms with van der Waals surface area (Å²) >= 11 is 9.52. The van der Waals surface area contributed by atoms with Crippen LogP contribution < -0.4 is 0 Å². The molecular formula is C22H23BrN4O4S4. The van der Waals surface area contributed by atoms with Crippen LogP contribution in [0.1, 0.15) is 22.9 Å². The highest BCUT2D eigenvalue weighted by atomic mass is 79.9. The van der Waals surface area contributed by atoms with E-state index >= 15 is 0 Å².